The van der Waals surface area contributed by atoms with E-state index in [1.54, 1.807) is 36.4 Å². The molecule has 0 aromatic heterocycles. The maximum Gasteiger partial charge on any atom is 0.241 e. The Kier molecular flexibility index (Phi) is 4.16. The molecule has 5 nitrogen and oxygen atoms in total. The summed E-state index contributed by atoms with van der Waals surface area (Å²) >= 11 is 0. The number of hydrogen-bond acceptors (Lipinski definition) is 4. The van der Waals surface area contributed by atoms with Crippen LogP contribution in [0.3, 0.4) is 0 Å². The van der Waals surface area contributed by atoms with Crippen molar-refractivity contribution in [3.63, 3.8) is 0 Å². The smallest absolute Gasteiger partial charge is 0.241 e. The number of carbonyl (C=O) groups excluding carboxylic acids is 1. The Morgan fingerprint density at radius 3 is 1.95 bits per heavy atom. The molecule has 2 aromatic carbocycles. The van der Waals surface area contributed by atoms with Gasteiger partial charge in [0.05, 0.1) is 16.9 Å². The highest BCUT2D eigenvalue weighted by Gasteiger charge is 2.21. The molecule has 20 heavy (non-hydrogen) atoms. The normalized spacial score (nSPS) is 12.8. The summed E-state index contributed by atoms with van der Waals surface area (Å²) in [5, 5.41) is 11.2. The van der Waals surface area contributed by atoms with Gasteiger partial charge in [-0.1, -0.05) is 48.5 Å². The number of carboxylic acids is 1. The lowest BCUT2D eigenvalue weighted by Crippen LogP contribution is -2.41. The second-order valence-corrected chi connectivity index (χ2v) is 5.81. The third kappa shape index (κ3) is 3.23. The predicted molar refractivity (Wildman–Crippen MR) is 71.0 cm³/mol. The summed E-state index contributed by atoms with van der Waals surface area (Å²) in [5.41, 5.74) is 0.312. The van der Waals surface area contributed by atoms with Crippen molar-refractivity contribution in [1.29, 1.82) is 0 Å². The van der Waals surface area contributed by atoms with Gasteiger partial charge < -0.3 is 9.90 Å². The van der Waals surface area contributed by atoms with Gasteiger partial charge in [0, 0.05) is 0 Å². The molecule has 0 bridgehead atoms. The van der Waals surface area contributed by atoms with Crippen LogP contribution < -0.4 is 9.83 Å². The lowest BCUT2D eigenvalue weighted by Gasteiger charge is -2.20. The molecular formula is C14H12NO4S-. The number of hydrogen-bond donors (Lipinski definition) is 1. The molecule has 0 spiro atoms. The van der Waals surface area contributed by atoms with E-state index >= 15 is 0 Å². The number of rotatable bonds is 5. The molecule has 0 amide bonds. The molecule has 0 unspecified atom stereocenters. The Hall–Kier alpha value is -2.18. The third-order valence-electron chi connectivity index (χ3n) is 2.70. The van der Waals surface area contributed by atoms with Gasteiger partial charge in [-0.2, -0.15) is 4.72 Å². The van der Waals surface area contributed by atoms with Crippen molar-refractivity contribution >= 4 is 16.0 Å². The highest BCUT2D eigenvalue weighted by molar-refractivity contribution is 7.89. The van der Waals surface area contributed by atoms with E-state index in [9.17, 15) is 18.3 Å². The summed E-state index contributed by atoms with van der Waals surface area (Å²) in [6.45, 7) is 0. The molecule has 0 saturated carbocycles. The number of carbonyl (C=O) groups is 1. The van der Waals surface area contributed by atoms with Crippen molar-refractivity contribution < 1.29 is 18.3 Å². The van der Waals surface area contributed by atoms with Gasteiger partial charge in [-0.25, -0.2) is 8.42 Å². The van der Waals surface area contributed by atoms with Gasteiger partial charge in [0.2, 0.25) is 10.0 Å². The van der Waals surface area contributed by atoms with Gasteiger partial charge in [-0.05, 0) is 17.7 Å². The first-order chi connectivity index (χ1) is 9.50. The zero-order valence-electron chi connectivity index (χ0n) is 10.4. The number of aliphatic carboxylic acids is 1. The van der Waals surface area contributed by atoms with E-state index < -0.39 is 22.0 Å². The summed E-state index contributed by atoms with van der Waals surface area (Å²) in [7, 11) is -3.92. The average Bonchev–Trinajstić information content (AvgIpc) is 2.46. The van der Waals surface area contributed by atoms with Gasteiger partial charge in [-0.15, -0.1) is 0 Å². The summed E-state index contributed by atoms with van der Waals surface area (Å²) in [4.78, 5) is 11.2. The second-order valence-electron chi connectivity index (χ2n) is 4.10. The van der Waals surface area contributed by atoms with Gasteiger partial charge in [0.15, 0.2) is 0 Å². The summed E-state index contributed by atoms with van der Waals surface area (Å²) < 4.78 is 26.4. The predicted octanol–water partition coefficient (Wildman–Crippen LogP) is 0.456. The minimum atomic E-state index is -3.92. The SMILES string of the molecule is O=C([O-])[C@H](NS(=O)(=O)c1ccccc1)c1ccccc1. The highest BCUT2D eigenvalue weighted by Crippen LogP contribution is 2.16. The summed E-state index contributed by atoms with van der Waals surface area (Å²) in [6.07, 6.45) is 0. The van der Waals surface area contributed by atoms with Crippen molar-refractivity contribution in [3.05, 3.63) is 66.2 Å². The van der Waals surface area contributed by atoms with Gasteiger partial charge in [-0.3, -0.25) is 0 Å². The topological polar surface area (TPSA) is 86.3 Å². The van der Waals surface area contributed by atoms with Crippen molar-refractivity contribution in [2.75, 3.05) is 0 Å². The van der Waals surface area contributed by atoms with E-state index in [0.29, 0.717) is 5.56 Å². The monoisotopic (exact) mass is 290 g/mol. The lowest BCUT2D eigenvalue weighted by atomic mass is 10.1. The molecule has 0 saturated heterocycles. The van der Waals surface area contributed by atoms with E-state index in [1.807, 2.05) is 0 Å². The van der Waals surface area contributed by atoms with Gasteiger partial charge >= 0.3 is 0 Å². The molecule has 6 heteroatoms. The number of sulfonamides is 1. The minimum Gasteiger partial charge on any atom is -0.548 e. The van der Waals surface area contributed by atoms with Crippen LogP contribution in [0.1, 0.15) is 11.6 Å². The van der Waals surface area contributed by atoms with Crippen LogP contribution in [0, 0.1) is 0 Å². The third-order valence-corrected chi connectivity index (χ3v) is 4.13. The largest absolute Gasteiger partial charge is 0.548 e. The molecule has 1 atom stereocenters. The molecule has 0 aliphatic rings. The first-order valence-electron chi connectivity index (χ1n) is 5.84. The maximum absolute atomic E-state index is 12.1. The van der Waals surface area contributed by atoms with E-state index in [1.165, 1.54) is 24.3 Å². The first kappa shape index (κ1) is 14.2. The number of benzene rings is 2. The average molecular weight is 290 g/mol. The zero-order valence-corrected chi connectivity index (χ0v) is 11.2. The quantitative estimate of drug-likeness (QED) is 0.866. The van der Waals surface area contributed by atoms with E-state index in [0.717, 1.165) is 0 Å². The van der Waals surface area contributed by atoms with Gasteiger partial charge in [0.1, 0.15) is 0 Å². The van der Waals surface area contributed by atoms with Crippen LogP contribution >= 0.6 is 0 Å². The van der Waals surface area contributed by atoms with Crippen LogP contribution in [-0.4, -0.2) is 14.4 Å². The fraction of sp³-hybridized carbons (Fsp3) is 0.0714. The Morgan fingerprint density at radius 1 is 0.950 bits per heavy atom. The standard InChI is InChI=1S/C14H13NO4S/c16-14(17)13(11-7-3-1-4-8-11)15-20(18,19)12-9-5-2-6-10-12/h1-10,13,15H,(H,16,17)/p-1/t13-/m1/s1. The molecule has 0 radical (unpaired) electrons. The molecule has 2 aromatic rings. The molecule has 0 aliphatic heterocycles. The van der Waals surface area contributed by atoms with Crippen LogP contribution in [0.15, 0.2) is 65.6 Å². The van der Waals surface area contributed by atoms with Crippen molar-refractivity contribution in [1.82, 2.24) is 4.72 Å². The zero-order chi connectivity index (χ0) is 14.6. The number of carboxylic acid groups (broad SMARTS) is 1. The highest BCUT2D eigenvalue weighted by atomic mass is 32.2. The molecular weight excluding hydrogens is 278 g/mol. The lowest BCUT2D eigenvalue weighted by molar-refractivity contribution is -0.308. The van der Waals surface area contributed by atoms with Crippen molar-refractivity contribution in [3.8, 4) is 0 Å². The molecule has 0 heterocycles. The van der Waals surface area contributed by atoms with Crippen LogP contribution in [0.5, 0.6) is 0 Å². The van der Waals surface area contributed by atoms with Crippen LogP contribution in [0.2, 0.25) is 0 Å². The van der Waals surface area contributed by atoms with Crippen molar-refractivity contribution in [2.45, 2.75) is 10.9 Å². The molecule has 0 aliphatic carbocycles. The van der Waals surface area contributed by atoms with E-state index in [-0.39, 0.29) is 4.90 Å². The molecule has 2 rings (SSSR count). The van der Waals surface area contributed by atoms with Crippen LogP contribution in [0.25, 0.3) is 0 Å². The Labute approximate surface area is 116 Å². The first-order valence-corrected chi connectivity index (χ1v) is 7.32. The molecule has 104 valence electrons. The van der Waals surface area contributed by atoms with Crippen molar-refractivity contribution in [2.24, 2.45) is 0 Å². The fourth-order valence-corrected chi connectivity index (χ4v) is 2.91. The second kappa shape index (κ2) is 5.85. The van der Waals surface area contributed by atoms with Gasteiger partial charge in [0.25, 0.3) is 0 Å². The summed E-state index contributed by atoms with van der Waals surface area (Å²) in [5.74, 6) is -1.50. The summed E-state index contributed by atoms with van der Waals surface area (Å²) in [6, 6.07) is 14.1. The van der Waals surface area contributed by atoms with Crippen LogP contribution in [0.4, 0.5) is 0 Å². The molecule has 1 N–H and O–H groups in total. The van der Waals surface area contributed by atoms with E-state index in [2.05, 4.69) is 4.72 Å². The number of nitrogens with one attached hydrogen (secondary N) is 1. The van der Waals surface area contributed by atoms with Crippen LogP contribution in [-0.2, 0) is 14.8 Å². The van der Waals surface area contributed by atoms with E-state index in [4.69, 9.17) is 0 Å². The Balaban J connectivity index is 2.33. The Morgan fingerprint density at radius 2 is 1.45 bits per heavy atom. The Bertz CT molecular complexity index is 684. The minimum absolute atomic E-state index is 0.00202. The fourth-order valence-electron chi connectivity index (χ4n) is 1.72. The molecule has 0 fully saturated rings. The maximum atomic E-state index is 12.1.